The standard InChI is InChI=1S/C16H18FN3O/c1-12-7-8-15(19-18-12)21-14-6-4-5-13(16(14)17)11-20-9-2-3-10-20/h4-8H,2-3,9-11H2,1H3. The molecule has 1 aromatic heterocycles. The van der Waals surface area contributed by atoms with Gasteiger partial charge in [-0.3, -0.25) is 4.90 Å². The Hall–Kier alpha value is -2.01. The number of rotatable bonds is 4. The summed E-state index contributed by atoms with van der Waals surface area (Å²) in [5, 5.41) is 7.80. The summed E-state index contributed by atoms with van der Waals surface area (Å²) < 4.78 is 20.0. The number of benzene rings is 1. The second-order valence-electron chi connectivity index (χ2n) is 5.33. The molecule has 1 saturated heterocycles. The minimum Gasteiger partial charge on any atom is -0.434 e. The van der Waals surface area contributed by atoms with Crippen molar-refractivity contribution in [3.05, 3.63) is 47.4 Å². The smallest absolute Gasteiger partial charge is 0.238 e. The van der Waals surface area contributed by atoms with Crippen LogP contribution in [0.1, 0.15) is 24.1 Å². The molecule has 0 N–H and O–H groups in total. The number of ether oxygens (including phenoxy) is 1. The lowest BCUT2D eigenvalue weighted by atomic mass is 10.2. The van der Waals surface area contributed by atoms with Gasteiger partial charge in [0.2, 0.25) is 5.88 Å². The highest BCUT2D eigenvalue weighted by Gasteiger charge is 2.16. The third kappa shape index (κ3) is 3.36. The Labute approximate surface area is 123 Å². The van der Waals surface area contributed by atoms with Gasteiger partial charge in [-0.15, -0.1) is 5.10 Å². The Morgan fingerprint density at radius 3 is 2.67 bits per heavy atom. The van der Waals surface area contributed by atoms with Crippen LogP contribution >= 0.6 is 0 Å². The number of hydrogen-bond acceptors (Lipinski definition) is 4. The summed E-state index contributed by atoms with van der Waals surface area (Å²) in [5.41, 5.74) is 1.46. The predicted octanol–water partition coefficient (Wildman–Crippen LogP) is 3.31. The fourth-order valence-corrected chi connectivity index (χ4v) is 2.49. The summed E-state index contributed by atoms with van der Waals surface area (Å²) in [5.74, 6) is 0.189. The van der Waals surface area contributed by atoms with E-state index in [1.807, 2.05) is 13.0 Å². The fraction of sp³-hybridized carbons (Fsp3) is 0.375. The molecule has 2 heterocycles. The zero-order chi connectivity index (χ0) is 14.7. The number of halogens is 1. The van der Waals surface area contributed by atoms with Gasteiger partial charge in [0.25, 0.3) is 0 Å². The first-order valence-corrected chi connectivity index (χ1v) is 7.20. The highest BCUT2D eigenvalue weighted by atomic mass is 19.1. The Morgan fingerprint density at radius 2 is 1.95 bits per heavy atom. The molecule has 1 aliphatic heterocycles. The third-order valence-corrected chi connectivity index (χ3v) is 3.62. The van der Waals surface area contributed by atoms with Gasteiger partial charge in [-0.05, 0) is 45.0 Å². The van der Waals surface area contributed by atoms with Gasteiger partial charge in [0, 0.05) is 18.2 Å². The fourth-order valence-electron chi connectivity index (χ4n) is 2.49. The van der Waals surface area contributed by atoms with Crippen LogP contribution in [0.4, 0.5) is 4.39 Å². The topological polar surface area (TPSA) is 38.2 Å². The maximum Gasteiger partial charge on any atom is 0.238 e. The van der Waals surface area contributed by atoms with Crippen molar-refractivity contribution >= 4 is 0 Å². The zero-order valence-electron chi connectivity index (χ0n) is 12.1. The molecular formula is C16H18FN3O. The van der Waals surface area contributed by atoms with Crippen LogP contribution in [0, 0.1) is 12.7 Å². The number of hydrogen-bond donors (Lipinski definition) is 0. The molecule has 1 aliphatic rings. The average Bonchev–Trinajstić information content (AvgIpc) is 2.99. The summed E-state index contributed by atoms with van der Waals surface area (Å²) in [6, 6.07) is 8.71. The van der Waals surface area contributed by atoms with Crippen LogP contribution in [0.5, 0.6) is 11.6 Å². The first-order valence-electron chi connectivity index (χ1n) is 7.20. The molecule has 0 spiro atoms. The van der Waals surface area contributed by atoms with Crippen molar-refractivity contribution < 1.29 is 9.13 Å². The van der Waals surface area contributed by atoms with Crippen molar-refractivity contribution in [1.82, 2.24) is 15.1 Å². The van der Waals surface area contributed by atoms with Gasteiger partial charge >= 0.3 is 0 Å². The van der Waals surface area contributed by atoms with Crippen LogP contribution in [0.3, 0.4) is 0 Å². The first kappa shape index (κ1) is 13.9. The van der Waals surface area contributed by atoms with Crippen molar-refractivity contribution in [2.75, 3.05) is 13.1 Å². The van der Waals surface area contributed by atoms with Crippen molar-refractivity contribution in [3.63, 3.8) is 0 Å². The molecule has 5 heteroatoms. The minimum absolute atomic E-state index is 0.199. The number of aromatic nitrogens is 2. The van der Waals surface area contributed by atoms with E-state index in [1.54, 1.807) is 24.3 Å². The highest BCUT2D eigenvalue weighted by Crippen LogP contribution is 2.26. The van der Waals surface area contributed by atoms with E-state index in [9.17, 15) is 4.39 Å². The molecule has 1 aromatic carbocycles. The highest BCUT2D eigenvalue weighted by molar-refractivity contribution is 5.33. The van der Waals surface area contributed by atoms with Crippen molar-refractivity contribution in [2.24, 2.45) is 0 Å². The van der Waals surface area contributed by atoms with Gasteiger partial charge < -0.3 is 4.74 Å². The summed E-state index contributed by atoms with van der Waals surface area (Å²) in [6.07, 6.45) is 2.38. The lowest BCUT2D eigenvalue weighted by Gasteiger charge is -2.16. The molecule has 2 aromatic rings. The summed E-state index contributed by atoms with van der Waals surface area (Å²) in [7, 11) is 0. The Bertz CT molecular complexity index is 609. The Kier molecular flexibility index (Phi) is 4.10. The van der Waals surface area contributed by atoms with Crippen LogP contribution in [-0.2, 0) is 6.54 Å². The van der Waals surface area contributed by atoms with E-state index >= 15 is 0 Å². The molecule has 0 aliphatic carbocycles. The van der Waals surface area contributed by atoms with Crippen LogP contribution in [-0.4, -0.2) is 28.2 Å². The molecule has 0 atom stereocenters. The number of nitrogens with zero attached hydrogens (tertiary/aromatic N) is 3. The molecule has 0 bridgehead atoms. The van der Waals surface area contributed by atoms with Crippen LogP contribution in [0.2, 0.25) is 0 Å². The molecule has 0 amide bonds. The lowest BCUT2D eigenvalue weighted by Crippen LogP contribution is -2.19. The predicted molar refractivity (Wildman–Crippen MR) is 77.8 cm³/mol. The Balaban J connectivity index is 1.77. The summed E-state index contributed by atoms with van der Waals surface area (Å²) in [4.78, 5) is 2.26. The van der Waals surface area contributed by atoms with E-state index in [0.717, 1.165) is 18.8 Å². The van der Waals surface area contributed by atoms with Crippen LogP contribution < -0.4 is 4.74 Å². The minimum atomic E-state index is -0.313. The molecule has 4 nitrogen and oxygen atoms in total. The van der Waals surface area contributed by atoms with Gasteiger partial charge in [-0.2, -0.15) is 5.10 Å². The molecule has 0 radical (unpaired) electrons. The second-order valence-corrected chi connectivity index (χ2v) is 5.33. The zero-order valence-corrected chi connectivity index (χ0v) is 12.1. The van der Waals surface area contributed by atoms with Crippen molar-refractivity contribution in [2.45, 2.75) is 26.3 Å². The molecule has 0 unspecified atom stereocenters. The van der Waals surface area contributed by atoms with Crippen molar-refractivity contribution in [1.29, 1.82) is 0 Å². The van der Waals surface area contributed by atoms with Crippen LogP contribution in [0.25, 0.3) is 0 Å². The normalized spacial score (nSPS) is 15.3. The summed E-state index contributed by atoms with van der Waals surface area (Å²) in [6.45, 7) is 4.54. The van der Waals surface area contributed by atoms with Crippen LogP contribution in [0.15, 0.2) is 30.3 Å². The first-order chi connectivity index (χ1) is 10.2. The monoisotopic (exact) mass is 287 g/mol. The molecule has 21 heavy (non-hydrogen) atoms. The number of likely N-dealkylation sites (tertiary alicyclic amines) is 1. The quantitative estimate of drug-likeness (QED) is 0.864. The second kappa shape index (κ2) is 6.18. The largest absolute Gasteiger partial charge is 0.434 e. The van der Waals surface area contributed by atoms with Gasteiger partial charge in [-0.25, -0.2) is 4.39 Å². The Morgan fingerprint density at radius 1 is 1.14 bits per heavy atom. The van der Waals surface area contributed by atoms with E-state index in [4.69, 9.17) is 4.74 Å². The molecule has 1 fully saturated rings. The van der Waals surface area contributed by atoms with Crippen molar-refractivity contribution in [3.8, 4) is 11.6 Å². The van der Waals surface area contributed by atoms with E-state index in [0.29, 0.717) is 18.0 Å². The van der Waals surface area contributed by atoms with Gasteiger partial charge in [0.1, 0.15) is 0 Å². The lowest BCUT2D eigenvalue weighted by molar-refractivity contribution is 0.322. The van der Waals surface area contributed by atoms with Gasteiger partial charge in [0.05, 0.1) is 5.69 Å². The third-order valence-electron chi connectivity index (χ3n) is 3.62. The molecular weight excluding hydrogens is 269 g/mol. The maximum atomic E-state index is 14.5. The van der Waals surface area contributed by atoms with E-state index < -0.39 is 0 Å². The summed E-state index contributed by atoms with van der Waals surface area (Å²) >= 11 is 0. The molecule has 0 saturated carbocycles. The maximum absolute atomic E-state index is 14.5. The van der Waals surface area contributed by atoms with E-state index in [1.165, 1.54) is 12.8 Å². The van der Waals surface area contributed by atoms with Gasteiger partial charge in [0.15, 0.2) is 11.6 Å². The average molecular weight is 287 g/mol. The SMILES string of the molecule is Cc1ccc(Oc2cccc(CN3CCCC3)c2F)nn1. The number of aryl methyl sites for hydroxylation is 1. The van der Waals surface area contributed by atoms with E-state index in [-0.39, 0.29) is 11.6 Å². The molecule has 110 valence electrons. The van der Waals surface area contributed by atoms with E-state index in [2.05, 4.69) is 15.1 Å². The van der Waals surface area contributed by atoms with Gasteiger partial charge in [-0.1, -0.05) is 12.1 Å². The molecule has 3 rings (SSSR count).